The SMILES string of the molecule is CC(C)n1nc(-c2ccc(NC(=O)Nc3ccccc3)cc2F)c2c(N)ncnc21.Cc1ccc(F)c(NC(=O)Nc2ccc(-c3nn(C(C)C)c4ncnc(N)c34)cc2F)c1.Cc1ccc(NC(=O)Nc2ccc(-c3nn(C(C)C)c4ncnc(N)c34)cc2F)cc1C(F)(F)F.Cc1cccc(NC(=O)Nc2ccc(-c3nn(C(C)C)c4ncnc(N)c34)c(F)c2)c1. The van der Waals surface area contributed by atoms with Crippen molar-refractivity contribution in [1.29, 1.82) is 0 Å². The van der Waals surface area contributed by atoms with Crippen LogP contribution in [0.5, 0.6) is 0 Å². The molecule has 16 aromatic rings. The average Bonchev–Trinajstić information content (AvgIpc) is 1.65. The molecule has 656 valence electrons. The molecule has 8 heterocycles. The number of nitrogens with one attached hydrogen (secondary N) is 8. The number of urea groups is 4. The topological polar surface area (TPSA) is 443 Å². The molecule has 0 fully saturated rings. The first-order valence-corrected chi connectivity index (χ1v) is 39.5. The minimum Gasteiger partial charge on any atom is -0.383 e. The summed E-state index contributed by atoms with van der Waals surface area (Å²) >= 11 is 0. The van der Waals surface area contributed by atoms with E-state index in [2.05, 4.69) is 103 Å². The zero-order valence-electron chi connectivity index (χ0n) is 70.3. The molecule has 0 aliphatic heterocycles. The summed E-state index contributed by atoms with van der Waals surface area (Å²) in [4.78, 5) is 82.1. The van der Waals surface area contributed by atoms with Crippen molar-refractivity contribution in [2.75, 3.05) is 65.5 Å². The first-order valence-electron chi connectivity index (χ1n) is 39.5. The summed E-state index contributed by atoms with van der Waals surface area (Å²) in [6.45, 7) is 20.5. The second-order valence-corrected chi connectivity index (χ2v) is 30.2. The number of nitrogen functional groups attached to an aromatic ring is 4. The summed E-state index contributed by atoms with van der Waals surface area (Å²) in [5.41, 5.74) is 31.6. The molecule has 0 spiro atoms. The van der Waals surface area contributed by atoms with E-state index >= 15 is 4.39 Å². The van der Waals surface area contributed by atoms with Gasteiger partial charge in [-0.3, -0.25) is 0 Å². The van der Waals surface area contributed by atoms with Gasteiger partial charge in [-0.25, -0.2) is 99.7 Å². The number of para-hydroxylation sites is 1. The van der Waals surface area contributed by atoms with Crippen molar-refractivity contribution in [2.45, 2.75) is 107 Å². The maximum absolute atomic E-state index is 15.0. The summed E-state index contributed by atoms with van der Waals surface area (Å²) in [6.07, 6.45) is 0.821. The molecule has 0 saturated heterocycles. The van der Waals surface area contributed by atoms with Gasteiger partial charge in [-0.2, -0.15) is 33.6 Å². The Morgan fingerprint density at radius 2 is 0.664 bits per heavy atom. The van der Waals surface area contributed by atoms with Gasteiger partial charge in [0.25, 0.3) is 0 Å². The number of hydrogen-bond acceptors (Lipinski definition) is 20. The fourth-order valence-electron chi connectivity index (χ4n) is 13.4. The molecule has 0 saturated carbocycles. The minimum absolute atomic E-state index is 0.000120. The lowest BCUT2D eigenvalue weighted by molar-refractivity contribution is -0.138. The molecule has 16 N–H and O–H groups in total. The molecule has 0 radical (unpaired) electrons. The van der Waals surface area contributed by atoms with Gasteiger partial charge >= 0.3 is 30.3 Å². The summed E-state index contributed by atoms with van der Waals surface area (Å²) in [6, 6.07) is 38.4. The number of benzene rings is 8. The molecule has 0 aliphatic rings. The van der Waals surface area contributed by atoms with E-state index in [1.165, 1.54) is 99.0 Å². The van der Waals surface area contributed by atoms with Crippen LogP contribution in [0.1, 0.15) is 102 Å². The van der Waals surface area contributed by atoms with E-state index in [1.54, 1.807) is 92.4 Å². The lowest BCUT2D eigenvalue weighted by Crippen LogP contribution is -2.20. The van der Waals surface area contributed by atoms with E-state index in [0.29, 0.717) is 101 Å². The van der Waals surface area contributed by atoms with Gasteiger partial charge in [-0.05, 0) is 202 Å². The van der Waals surface area contributed by atoms with E-state index in [9.17, 15) is 49.9 Å². The van der Waals surface area contributed by atoms with Crippen LogP contribution in [0.4, 0.5) is 123 Å². The molecule has 8 aromatic carbocycles. The molecule has 128 heavy (non-hydrogen) atoms. The van der Waals surface area contributed by atoms with E-state index < -0.39 is 65.0 Å². The highest BCUT2D eigenvalue weighted by molar-refractivity contribution is 6.06. The van der Waals surface area contributed by atoms with Gasteiger partial charge in [0, 0.05) is 74.9 Å². The van der Waals surface area contributed by atoms with Crippen LogP contribution in [0.25, 0.3) is 89.2 Å². The summed E-state index contributed by atoms with van der Waals surface area (Å²) in [5, 5.41) is 40.1. The number of nitrogens with two attached hydrogens (primary N) is 4. The van der Waals surface area contributed by atoms with Gasteiger partial charge in [0.05, 0.1) is 44.2 Å². The molecular formula is C88H84F8N28O4. The minimum atomic E-state index is -4.57. The van der Waals surface area contributed by atoms with Crippen molar-refractivity contribution in [3.05, 3.63) is 240 Å². The maximum Gasteiger partial charge on any atom is 0.416 e. The Hall–Kier alpha value is -16.3. The third-order valence-electron chi connectivity index (χ3n) is 19.5. The second-order valence-electron chi connectivity index (χ2n) is 30.2. The Morgan fingerprint density at radius 1 is 0.320 bits per heavy atom. The zero-order chi connectivity index (χ0) is 91.9. The number of rotatable bonds is 16. The molecule has 0 atom stereocenters. The third kappa shape index (κ3) is 20.1. The molecular weight excluding hydrogens is 1670 g/mol. The monoisotopic (exact) mass is 1750 g/mol. The Balaban J connectivity index is 0.000000146. The number of anilines is 12. The summed E-state index contributed by atoms with van der Waals surface area (Å²) in [7, 11) is 0. The highest BCUT2D eigenvalue weighted by Gasteiger charge is 2.33. The van der Waals surface area contributed by atoms with Crippen molar-refractivity contribution >= 4 is 137 Å². The number of aryl methyl sites for hydroxylation is 3. The lowest BCUT2D eigenvalue weighted by atomic mass is 10.1. The first-order chi connectivity index (χ1) is 61.0. The number of amides is 8. The fraction of sp³-hybridized carbons (Fsp3) is 0.182. The van der Waals surface area contributed by atoms with Crippen molar-refractivity contribution in [3.8, 4) is 45.0 Å². The van der Waals surface area contributed by atoms with Crippen LogP contribution in [-0.2, 0) is 6.18 Å². The molecule has 0 unspecified atom stereocenters. The number of hydrogen-bond donors (Lipinski definition) is 12. The number of alkyl halides is 3. The van der Waals surface area contributed by atoms with Gasteiger partial charge in [-0.15, -0.1) is 0 Å². The van der Waals surface area contributed by atoms with E-state index in [-0.39, 0.29) is 86.9 Å². The number of fused-ring (bicyclic) bond motifs is 4. The average molecular weight is 1750 g/mol. The predicted octanol–water partition coefficient (Wildman–Crippen LogP) is 19.8. The van der Waals surface area contributed by atoms with Gasteiger partial charge in [0.1, 0.15) is 100 Å². The predicted molar refractivity (Wildman–Crippen MR) is 478 cm³/mol. The van der Waals surface area contributed by atoms with Crippen LogP contribution in [0, 0.1) is 49.9 Å². The molecule has 40 heteroatoms. The van der Waals surface area contributed by atoms with Crippen LogP contribution in [0.3, 0.4) is 0 Å². The van der Waals surface area contributed by atoms with Crippen LogP contribution in [0.15, 0.2) is 189 Å². The molecule has 0 aliphatic carbocycles. The largest absolute Gasteiger partial charge is 0.416 e. The van der Waals surface area contributed by atoms with Gasteiger partial charge in [0.2, 0.25) is 0 Å². The van der Waals surface area contributed by atoms with E-state index in [1.807, 2.05) is 86.6 Å². The van der Waals surface area contributed by atoms with E-state index in [0.717, 1.165) is 17.2 Å². The molecule has 8 amide bonds. The standard InChI is InChI=1S/C23H21F4N7O.C22H21F2N7O.C22H22FN7O.C21H20FN7O/c1-11(2)34-21-18(20(28)29-10-30-21)19(33-34)13-5-7-17(16(24)8-13)32-22(35)31-14-6-4-12(3)15(9-14)23(25,26)27;1-11(2)31-21-18(20(25)26-10-27-21)19(30-31)13-5-7-16(15(24)9-13)28-22(32)29-17-8-12(3)4-6-14(17)23;1-12(2)30-21-18(20(24)25-11-26-21)19(29-30)16-8-7-15(10-17(16)23)28-22(31)27-14-6-4-5-13(3)9-14;1-12(2)29-20-17(19(23)24-11-25-20)18(28-29)15-9-8-14(10-16(15)22)27-21(30)26-13-6-4-3-5-7-13/h4-11H,1-3H3,(H2,28,29,30)(H2,31,32,35);4-11H,1-3H3,(H2,25,26,27)(H2,28,29,32);4-12H,1-3H3,(H2,24,25,26)(H2,27,28,31);3-12H,1-2H3,(H2,23,24,25)(H2,26,27,30). The van der Waals surface area contributed by atoms with Crippen LogP contribution in [-0.4, -0.2) is 103 Å². The van der Waals surface area contributed by atoms with Crippen LogP contribution < -0.4 is 65.5 Å². The molecule has 0 bridgehead atoms. The second kappa shape index (κ2) is 37.8. The summed E-state index contributed by atoms with van der Waals surface area (Å²) < 4.78 is 120. The van der Waals surface area contributed by atoms with E-state index in [4.69, 9.17) is 22.9 Å². The molecule has 8 aromatic heterocycles. The number of carbonyl (C=O) groups is 4. The number of carbonyl (C=O) groups excluding carboxylic acids is 4. The number of nitrogens with zero attached hydrogens (tertiary/aromatic N) is 16. The fourth-order valence-corrected chi connectivity index (χ4v) is 13.4. The highest BCUT2D eigenvalue weighted by atomic mass is 19.4. The lowest BCUT2D eigenvalue weighted by Gasteiger charge is -2.13. The Labute approximate surface area is 724 Å². The Kier molecular flexibility index (Phi) is 26.4. The van der Waals surface area contributed by atoms with Crippen LogP contribution >= 0.6 is 0 Å². The van der Waals surface area contributed by atoms with Gasteiger partial charge in [-0.1, -0.05) is 54.6 Å². The Bertz CT molecular complexity index is 6900. The highest BCUT2D eigenvalue weighted by Crippen LogP contribution is 2.40. The third-order valence-corrected chi connectivity index (χ3v) is 19.5. The van der Waals surface area contributed by atoms with Crippen molar-refractivity contribution < 1.29 is 54.3 Å². The zero-order valence-corrected chi connectivity index (χ0v) is 70.3. The Morgan fingerprint density at radius 3 is 1.05 bits per heavy atom. The maximum atomic E-state index is 15.0. The van der Waals surface area contributed by atoms with Gasteiger partial charge < -0.3 is 65.5 Å². The number of aromatic nitrogens is 16. The first kappa shape index (κ1) is 89.4. The van der Waals surface area contributed by atoms with Crippen LogP contribution in [0.2, 0.25) is 0 Å². The van der Waals surface area contributed by atoms with Crippen molar-refractivity contribution in [2.24, 2.45) is 0 Å². The number of halogens is 8. The smallest absolute Gasteiger partial charge is 0.383 e. The quantitative estimate of drug-likeness (QED) is 0.0400. The summed E-state index contributed by atoms with van der Waals surface area (Å²) in [5.74, 6) is -2.27. The van der Waals surface area contributed by atoms with Gasteiger partial charge in [0.15, 0.2) is 22.6 Å². The molecule has 32 nitrogen and oxygen atoms in total. The normalized spacial score (nSPS) is 11.3. The molecule has 16 rings (SSSR count). The van der Waals surface area contributed by atoms with Crippen molar-refractivity contribution in [3.63, 3.8) is 0 Å². The van der Waals surface area contributed by atoms with Crippen molar-refractivity contribution in [1.82, 2.24) is 79.0 Å².